The summed E-state index contributed by atoms with van der Waals surface area (Å²) in [6.45, 7) is 16.0. The summed E-state index contributed by atoms with van der Waals surface area (Å²) >= 11 is 1.05. The molecule has 40 heavy (non-hydrogen) atoms. The minimum atomic E-state index is -0.254. The van der Waals surface area contributed by atoms with Gasteiger partial charge in [0, 0.05) is 11.4 Å². The van der Waals surface area contributed by atoms with Gasteiger partial charge in [0.15, 0.2) is 11.0 Å². The van der Waals surface area contributed by atoms with Gasteiger partial charge in [-0.1, -0.05) is 37.5 Å². The molecule has 0 spiro atoms. The summed E-state index contributed by atoms with van der Waals surface area (Å²) in [5.41, 5.74) is 5.94. The molecule has 0 aliphatic carbocycles. The van der Waals surface area contributed by atoms with E-state index in [0.29, 0.717) is 22.7 Å². The molecule has 0 aromatic carbocycles. The zero-order valence-corrected chi connectivity index (χ0v) is 24.0. The van der Waals surface area contributed by atoms with E-state index in [1.165, 1.54) is 37.6 Å². The van der Waals surface area contributed by atoms with Gasteiger partial charge in [-0.15, -0.1) is 11.3 Å². The summed E-state index contributed by atoms with van der Waals surface area (Å²) in [6, 6.07) is 5.04. The van der Waals surface area contributed by atoms with Gasteiger partial charge < -0.3 is 9.88 Å². The molecule has 1 aliphatic rings. The third kappa shape index (κ3) is 5.98. The largest absolute Gasteiger partial charge is 0.336 e. The highest BCUT2D eigenvalue weighted by atomic mass is 32.1. The lowest BCUT2D eigenvalue weighted by atomic mass is 10.00. The molecule has 0 radical (unpaired) electrons. The molecule has 2 N–H and O–H groups in total. The fourth-order valence-electron chi connectivity index (χ4n) is 5.15. The number of thiophene rings is 1. The van der Waals surface area contributed by atoms with Crippen molar-refractivity contribution in [2.75, 3.05) is 19.6 Å². The van der Waals surface area contributed by atoms with Crippen molar-refractivity contribution in [3.05, 3.63) is 88.2 Å². The van der Waals surface area contributed by atoms with Gasteiger partial charge in [0.1, 0.15) is 16.9 Å². The molecule has 4 aromatic rings. The first kappa shape index (κ1) is 27.7. The van der Waals surface area contributed by atoms with Crippen molar-refractivity contribution in [3.63, 3.8) is 0 Å². The van der Waals surface area contributed by atoms with Crippen molar-refractivity contribution < 1.29 is 4.39 Å². The maximum Gasteiger partial charge on any atom is 0.177 e. The Balaban J connectivity index is 1.45. The molecule has 1 aliphatic heterocycles. The zero-order valence-electron chi connectivity index (χ0n) is 23.1. The number of likely N-dealkylation sites (tertiary alicyclic amines) is 1. The van der Waals surface area contributed by atoms with Gasteiger partial charge in [-0.25, -0.2) is 4.98 Å². The summed E-state index contributed by atoms with van der Waals surface area (Å²) in [5, 5.41) is 9.24. The second-order valence-corrected chi connectivity index (χ2v) is 11.0. The fraction of sp³-hybridized carbons (Fsp3) is 0.281. The van der Waals surface area contributed by atoms with Crippen LogP contribution < -0.4 is 10.6 Å². The second kappa shape index (κ2) is 12.5. The van der Waals surface area contributed by atoms with Crippen molar-refractivity contribution in [2.24, 2.45) is 0 Å². The van der Waals surface area contributed by atoms with Crippen LogP contribution in [-0.2, 0) is 0 Å². The highest BCUT2D eigenvalue weighted by Gasteiger charge is 2.16. The van der Waals surface area contributed by atoms with Crippen LogP contribution in [0.15, 0.2) is 72.5 Å². The van der Waals surface area contributed by atoms with Crippen molar-refractivity contribution in [1.82, 2.24) is 30.0 Å². The van der Waals surface area contributed by atoms with Crippen LogP contribution in [0, 0.1) is 5.13 Å². The monoisotopic (exact) mass is 554 g/mol. The van der Waals surface area contributed by atoms with Gasteiger partial charge >= 0.3 is 0 Å². The normalized spacial score (nSPS) is 16.0. The summed E-state index contributed by atoms with van der Waals surface area (Å²) in [7, 11) is 0. The van der Waals surface area contributed by atoms with E-state index in [0.717, 1.165) is 62.8 Å². The Labute approximate surface area is 238 Å². The SMILES string of the molecule is C=C/C(=C\C(=C/C)C(=C)/C=c1/c(-c2nc3c(-c4ccc(F)s4)nccc3[nH]2)n[nH]/c1=C/C)CCCN1CCCC1. The number of fused-ring (bicyclic) bond motifs is 1. The number of halogens is 1. The Morgan fingerprint density at radius 3 is 2.70 bits per heavy atom. The molecule has 0 atom stereocenters. The predicted octanol–water partition coefficient (Wildman–Crippen LogP) is 6.29. The lowest BCUT2D eigenvalue weighted by molar-refractivity contribution is 0.334. The van der Waals surface area contributed by atoms with Crippen LogP contribution >= 0.6 is 11.3 Å². The maximum absolute atomic E-state index is 13.7. The third-order valence-electron chi connectivity index (χ3n) is 7.30. The Morgan fingerprint density at radius 2 is 2.00 bits per heavy atom. The average molecular weight is 555 g/mol. The van der Waals surface area contributed by atoms with Crippen LogP contribution in [0.1, 0.15) is 39.5 Å². The lowest BCUT2D eigenvalue weighted by Gasteiger charge is -2.14. The van der Waals surface area contributed by atoms with Crippen LogP contribution in [-0.4, -0.2) is 49.7 Å². The second-order valence-electron chi connectivity index (χ2n) is 9.92. The number of allylic oxidation sites excluding steroid dienone is 6. The summed E-state index contributed by atoms with van der Waals surface area (Å²) < 4.78 is 13.7. The molecule has 8 heteroatoms. The van der Waals surface area contributed by atoms with Gasteiger partial charge in [0.05, 0.1) is 15.7 Å². The first-order chi connectivity index (χ1) is 19.5. The number of hydrogen-bond donors (Lipinski definition) is 2. The van der Waals surface area contributed by atoms with Gasteiger partial charge in [-0.05, 0) is 100 Å². The predicted molar refractivity (Wildman–Crippen MR) is 165 cm³/mol. The molecule has 4 aromatic heterocycles. The van der Waals surface area contributed by atoms with E-state index < -0.39 is 0 Å². The number of pyridine rings is 1. The highest BCUT2D eigenvalue weighted by molar-refractivity contribution is 7.13. The van der Waals surface area contributed by atoms with E-state index in [1.54, 1.807) is 12.3 Å². The minimum Gasteiger partial charge on any atom is -0.336 e. The molecule has 0 bridgehead atoms. The standard InChI is InChI=1S/C32H35FN6S/c1-5-22(11-10-18-39-16-8-9-17-39)20-23(6-2)21(4)19-24-25(7-3)37-38-29(24)32-35-26-14-15-34-31(30(26)36-32)27-12-13-28(33)40-27/h5-7,12-15,19-20,37H,1,4,8-11,16-18H2,2-3H3,(H,35,36)/b22-20+,23-6+,24-19+,25-7+. The smallest absolute Gasteiger partial charge is 0.177 e. The molecule has 6 nitrogen and oxygen atoms in total. The lowest BCUT2D eigenvalue weighted by Crippen LogP contribution is -2.24. The molecule has 5 heterocycles. The number of nitrogens with one attached hydrogen (secondary N) is 2. The van der Waals surface area contributed by atoms with E-state index in [9.17, 15) is 4.39 Å². The molecule has 0 unspecified atom stereocenters. The van der Waals surface area contributed by atoms with E-state index >= 15 is 0 Å². The molecule has 206 valence electrons. The number of hydrogen-bond acceptors (Lipinski definition) is 5. The van der Waals surface area contributed by atoms with Gasteiger partial charge in [0.2, 0.25) is 0 Å². The number of H-pyrrole nitrogens is 2. The summed E-state index contributed by atoms with van der Waals surface area (Å²) in [5.74, 6) is 0.607. The molecule has 0 saturated carbocycles. The summed E-state index contributed by atoms with van der Waals surface area (Å²) in [4.78, 5) is 16.0. The number of aromatic amines is 2. The van der Waals surface area contributed by atoms with Gasteiger partial charge in [-0.2, -0.15) is 9.49 Å². The maximum atomic E-state index is 13.7. The van der Waals surface area contributed by atoms with E-state index in [4.69, 9.17) is 4.98 Å². The van der Waals surface area contributed by atoms with Crippen LogP contribution in [0.4, 0.5) is 4.39 Å². The van der Waals surface area contributed by atoms with Crippen LogP contribution in [0.2, 0.25) is 0 Å². The van der Waals surface area contributed by atoms with Crippen LogP contribution in [0.5, 0.6) is 0 Å². The molecule has 0 amide bonds. The summed E-state index contributed by atoms with van der Waals surface area (Å²) in [6.07, 6.45) is 16.7. The number of nitrogens with zero attached hydrogens (tertiary/aromatic N) is 4. The molecular weight excluding hydrogens is 519 g/mol. The van der Waals surface area contributed by atoms with Crippen molar-refractivity contribution in [3.8, 4) is 22.1 Å². The van der Waals surface area contributed by atoms with Crippen molar-refractivity contribution in [2.45, 2.75) is 39.5 Å². The molecular formula is C32H35FN6S. The van der Waals surface area contributed by atoms with E-state index in [2.05, 4.69) is 50.4 Å². The number of aromatic nitrogens is 5. The number of imidazole rings is 1. The first-order valence-corrected chi connectivity index (χ1v) is 14.6. The average Bonchev–Trinajstić information content (AvgIpc) is 3.77. The first-order valence-electron chi connectivity index (χ1n) is 13.7. The highest BCUT2D eigenvalue weighted by Crippen LogP contribution is 2.31. The van der Waals surface area contributed by atoms with E-state index in [-0.39, 0.29) is 5.13 Å². The third-order valence-corrected chi connectivity index (χ3v) is 8.18. The van der Waals surface area contributed by atoms with Crippen molar-refractivity contribution >= 4 is 34.5 Å². The Hall–Kier alpha value is -3.88. The van der Waals surface area contributed by atoms with Crippen LogP contribution in [0.3, 0.4) is 0 Å². The number of rotatable bonds is 10. The quantitative estimate of drug-likeness (QED) is 0.226. The van der Waals surface area contributed by atoms with Crippen LogP contribution in [0.25, 0.3) is 45.3 Å². The fourth-order valence-corrected chi connectivity index (χ4v) is 5.87. The Bertz CT molecular complexity index is 1710. The van der Waals surface area contributed by atoms with Gasteiger partial charge in [-0.3, -0.25) is 10.1 Å². The van der Waals surface area contributed by atoms with Gasteiger partial charge in [0.25, 0.3) is 0 Å². The molecule has 1 saturated heterocycles. The van der Waals surface area contributed by atoms with E-state index in [1.807, 2.05) is 38.1 Å². The molecule has 1 fully saturated rings. The molecule has 5 rings (SSSR count). The Morgan fingerprint density at radius 1 is 1.18 bits per heavy atom. The zero-order chi connectivity index (χ0) is 28.1. The topological polar surface area (TPSA) is 73.5 Å². The minimum absolute atomic E-state index is 0.254. The van der Waals surface area contributed by atoms with Crippen molar-refractivity contribution in [1.29, 1.82) is 0 Å². The Kier molecular flexibility index (Phi) is 8.67.